The van der Waals surface area contributed by atoms with Gasteiger partial charge in [-0.2, -0.15) is 0 Å². The van der Waals surface area contributed by atoms with E-state index in [2.05, 4.69) is 0 Å². The van der Waals surface area contributed by atoms with E-state index in [-0.39, 0.29) is 0 Å². The molecule has 88 valence electrons. The lowest BCUT2D eigenvalue weighted by Crippen LogP contribution is -2.06. The Morgan fingerprint density at radius 3 is 2.53 bits per heavy atom. The topological polar surface area (TPSA) is 26.0 Å². The fraction of sp³-hybridized carbons (Fsp3) is 0.917. The minimum Gasteiger partial charge on any atom is -0.385 e. The number of thioether (sulfide) groups is 1. The predicted octanol–water partition coefficient (Wildman–Crippen LogP) is 4.10. The lowest BCUT2D eigenvalue weighted by atomic mass is 9.86. The lowest BCUT2D eigenvalue weighted by Gasteiger charge is -2.21. The fourth-order valence-corrected chi connectivity index (χ4v) is 3.16. The zero-order valence-electron chi connectivity index (χ0n) is 9.54. The summed E-state index contributed by atoms with van der Waals surface area (Å²) in [4.78, 5) is 0. The number of hydrogen-bond donors (Lipinski definition) is 1. The minimum atomic E-state index is 0.599. The summed E-state index contributed by atoms with van der Waals surface area (Å²) in [5.74, 6) is 2.15. The van der Waals surface area contributed by atoms with Crippen molar-refractivity contribution in [2.75, 3.05) is 5.75 Å². The molecule has 0 unspecified atom stereocenters. The van der Waals surface area contributed by atoms with Gasteiger partial charge in [-0.3, -0.25) is 0 Å². The van der Waals surface area contributed by atoms with Gasteiger partial charge in [0.15, 0.2) is 0 Å². The second kappa shape index (κ2) is 8.40. The zero-order valence-corrected chi connectivity index (χ0v) is 11.2. The lowest BCUT2D eigenvalue weighted by molar-refractivity contribution is 0.329. The number of nitrogens with two attached hydrogens (primary N) is 1. The number of rotatable bonds is 6. The first kappa shape index (κ1) is 13.3. The van der Waals surface area contributed by atoms with Crippen LogP contribution in [0.3, 0.4) is 0 Å². The molecule has 2 N–H and O–H groups in total. The summed E-state index contributed by atoms with van der Waals surface area (Å²) in [6.45, 7) is 0. The Morgan fingerprint density at radius 1 is 1.13 bits per heavy atom. The van der Waals surface area contributed by atoms with Crippen molar-refractivity contribution in [2.45, 2.75) is 57.8 Å². The molecule has 0 spiro atoms. The molecule has 0 saturated heterocycles. The third-order valence-corrected chi connectivity index (χ3v) is 4.36. The molecule has 1 fully saturated rings. The van der Waals surface area contributed by atoms with E-state index in [0.717, 1.165) is 11.7 Å². The van der Waals surface area contributed by atoms with Crippen LogP contribution in [0.15, 0.2) is 0 Å². The second-order valence-electron chi connectivity index (χ2n) is 4.52. The quantitative estimate of drug-likeness (QED) is 0.563. The van der Waals surface area contributed by atoms with E-state index in [0.29, 0.717) is 4.32 Å². The molecule has 0 bridgehead atoms. The molecule has 0 aromatic carbocycles. The molecule has 0 amide bonds. The maximum atomic E-state index is 5.42. The molecule has 0 aromatic rings. The predicted molar refractivity (Wildman–Crippen MR) is 74.3 cm³/mol. The van der Waals surface area contributed by atoms with Crippen molar-refractivity contribution in [3.8, 4) is 0 Å². The summed E-state index contributed by atoms with van der Waals surface area (Å²) in [5, 5.41) is 0. The minimum absolute atomic E-state index is 0.599. The van der Waals surface area contributed by atoms with Crippen LogP contribution >= 0.6 is 24.0 Å². The summed E-state index contributed by atoms with van der Waals surface area (Å²) < 4.78 is 0.599. The van der Waals surface area contributed by atoms with Gasteiger partial charge in [0, 0.05) is 5.75 Å². The van der Waals surface area contributed by atoms with Crippen LogP contribution < -0.4 is 5.73 Å². The molecule has 0 atom stereocenters. The van der Waals surface area contributed by atoms with Crippen molar-refractivity contribution in [3.63, 3.8) is 0 Å². The Bertz CT molecular complexity index is 176. The van der Waals surface area contributed by atoms with Crippen molar-refractivity contribution in [2.24, 2.45) is 11.7 Å². The Hall–Kier alpha value is 0.240. The van der Waals surface area contributed by atoms with Gasteiger partial charge in [0.05, 0.1) is 0 Å². The van der Waals surface area contributed by atoms with Crippen molar-refractivity contribution in [1.29, 1.82) is 0 Å². The van der Waals surface area contributed by atoms with Gasteiger partial charge in [-0.25, -0.2) is 0 Å². The van der Waals surface area contributed by atoms with Crippen LogP contribution in [0.1, 0.15) is 57.8 Å². The van der Waals surface area contributed by atoms with Crippen molar-refractivity contribution >= 4 is 28.3 Å². The Morgan fingerprint density at radius 2 is 1.87 bits per heavy atom. The van der Waals surface area contributed by atoms with Crippen molar-refractivity contribution in [1.82, 2.24) is 0 Å². The average molecular weight is 245 g/mol. The van der Waals surface area contributed by atoms with E-state index in [4.69, 9.17) is 18.0 Å². The summed E-state index contributed by atoms with van der Waals surface area (Å²) in [7, 11) is 0. The Kier molecular flexibility index (Phi) is 7.45. The summed E-state index contributed by atoms with van der Waals surface area (Å²) >= 11 is 6.44. The van der Waals surface area contributed by atoms with Gasteiger partial charge < -0.3 is 5.73 Å². The molecule has 1 nitrogen and oxygen atoms in total. The van der Waals surface area contributed by atoms with Gasteiger partial charge in [0.1, 0.15) is 4.32 Å². The highest BCUT2D eigenvalue weighted by Gasteiger charge is 2.12. The van der Waals surface area contributed by atoms with E-state index >= 15 is 0 Å². The summed E-state index contributed by atoms with van der Waals surface area (Å²) in [6, 6.07) is 0. The molecule has 0 heterocycles. The van der Waals surface area contributed by atoms with E-state index in [1.54, 1.807) is 11.8 Å². The normalized spacial score (nSPS) is 17.9. The molecule has 0 aliphatic heterocycles. The highest BCUT2D eigenvalue weighted by Crippen LogP contribution is 2.27. The highest BCUT2D eigenvalue weighted by molar-refractivity contribution is 8.22. The molecule has 1 saturated carbocycles. The second-order valence-corrected chi connectivity index (χ2v) is 6.36. The van der Waals surface area contributed by atoms with Crippen LogP contribution in [-0.2, 0) is 0 Å². The Balaban J connectivity index is 1.85. The third kappa shape index (κ3) is 7.18. The van der Waals surface area contributed by atoms with Gasteiger partial charge in [0.25, 0.3) is 0 Å². The third-order valence-electron chi connectivity index (χ3n) is 3.23. The SMILES string of the molecule is NC(=S)SCCCCCC1CCCCC1. The summed E-state index contributed by atoms with van der Waals surface area (Å²) in [5.41, 5.74) is 5.42. The number of unbranched alkanes of at least 4 members (excludes halogenated alkanes) is 2. The van der Waals surface area contributed by atoms with Gasteiger partial charge in [-0.15, -0.1) is 0 Å². The molecular formula is C12H23NS2. The van der Waals surface area contributed by atoms with Crippen molar-refractivity contribution < 1.29 is 0 Å². The van der Waals surface area contributed by atoms with Gasteiger partial charge in [-0.1, -0.05) is 75.3 Å². The maximum absolute atomic E-state index is 5.42. The van der Waals surface area contributed by atoms with E-state index in [1.807, 2.05) is 0 Å². The monoisotopic (exact) mass is 245 g/mol. The van der Waals surface area contributed by atoms with E-state index in [9.17, 15) is 0 Å². The first-order valence-electron chi connectivity index (χ1n) is 6.21. The first-order chi connectivity index (χ1) is 7.29. The standard InChI is InChI=1S/C12H23NS2/c13-12(14)15-10-6-2-5-9-11-7-3-1-4-8-11/h11H,1-10H2,(H2,13,14). The molecule has 15 heavy (non-hydrogen) atoms. The number of hydrogen-bond acceptors (Lipinski definition) is 2. The van der Waals surface area contributed by atoms with Crippen LogP contribution in [0.5, 0.6) is 0 Å². The fourth-order valence-electron chi connectivity index (χ4n) is 2.36. The molecule has 0 radical (unpaired) electrons. The average Bonchev–Trinajstić information content (AvgIpc) is 2.24. The van der Waals surface area contributed by atoms with Gasteiger partial charge in [0.2, 0.25) is 0 Å². The summed E-state index contributed by atoms with van der Waals surface area (Å²) in [6.07, 6.45) is 12.9. The first-order valence-corrected chi connectivity index (χ1v) is 7.60. The highest BCUT2D eigenvalue weighted by atomic mass is 32.2. The largest absolute Gasteiger partial charge is 0.385 e. The maximum Gasteiger partial charge on any atom is 0.131 e. The Labute approximate surface area is 104 Å². The van der Waals surface area contributed by atoms with Crippen LogP contribution in [0, 0.1) is 5.92 Å². The molecule has 0 aromatic heterocycles. The molecule has 1 rings (SSSR count). The van der Waals surface area contributed by atoms with Gasteiger partial charge >= 0.3 is 0 Å². The van der Waals surface area contributed by atoms with Crippen molar-refractivity contribution in [3.05, 3.63) is 0 Å². The van der Waals surface area contributed by atoms with Crippen LogP contribution in [0.2, 0.25) is 0 Å². The van der Waals surface area contributed by atoms with Crippen LogP contribution in [0.25, 0.3) is 0 Å². The molecular weight excluding hydrogens is 222 g/mol. The molecule has 1 aliphatic rings. The van der Waals surface area contributed by atoms with Crippen LogP contribution in [-0.4, -0.2) is 10.1 Å². The zero-order chi connectivity index (χ0) is 10.9. The van der Waals surface area contributed by atoms with Crippen LogP contribution in [0.4, 0.5) is 0 Å². The van der Waals surface area contributed by atoms with Gasteiger partial charge in [-0.05, 0) is 12.3 Å². The molecule has 1 aliphatic carbocycles. The van der Waals surface area contributed by atoms with E-state index < -0.39 is 0 Å². The smallest absolute Gasteiger partial charge is 0.131 e. The number of thiocarbonyl (C=S) groups is 1. The molecule has 3 heteroatoms. The van der Waals surface area contributed by atoms with E-state index in [1.165, 1.54) is 57.8 Å².